The Kier molecular flexibility index (Phi) is 7.47. The van der Waals surface area contributed by atoms with Crippen LogP contribution in [0.4, 0.5) is 0 Å². The number of sulfonamides is 1. The van der Waals surface area contributed by atoms with Gasteiger partial charge in [0.1, 0.15) is 0 Å². The first kappa shape index (κ1) is 24.5. The molecule has 8 heteroatoms. The molecule has 0 radical (unpaired) electrons. The predicted molar refractivity (Wildman–Crippen MR) is 131 cm³/mol. The Morgan fingerprint density at radius 2 is 1.66 bits per heavy atom. The van der Waals surface area contributed by atoms with Gasteiger partial charge in [0.05, 0.1) is 21.7 Å². The Balaban J connectivity index is 1.92. The summed E-state index contributed by atoms with van der Waals surface area (Å²) in [6.45, 7) is 13.2. The standard InChI is InChI=1S/C24H31N3O3S2/c1-7-26(8-2)32(29,30)19-10-11-21-20(14-19)25-24(27(21)9-3)31-15-22(28)23-17(5)12-16(4)13-18(23)6/h10-14H,7-9,15H2,1-6H3. The lowest BCUT2D eigenvalue weighted by Gasteiger charge is -2.18. The highest BCUT2D eigenvalue weighted by molar-refractivity contribution is 7.99. The minimum atomic E-state index is -3.55. The van der Waals surface area contributed by atoms with Crippen molar-refractivity contribution in [3.63, 3.8) is 0 Å². The molecule has 6 nitrogen and oxygen atoms in total. The van der Waals surface area contributed by atoms with Crippen LogP contribution in [-0.2, 0) is 16.6 Å². The number of carbonyl (C=O) groups excluding carboxylic acids is 1. The van der Waals surface area contributed by atoms with Crippen molar-refractivity contribution in [2.45, 2.75) is 58.1 Å². The third-order valence-corrected chi connectivity index (χ3v) is 8.65. The molecule has 1 heterocycles. The molecule has 2 aromatic carbocycles. The molecule has 0 aliphatic heterocycles. The zero-order valence-corrected chi connectivity index (χ0v) is 21.2. The second kappa shape index (κ2) is 9.77. The van der Waals surface area contributed by atoms with Crippen molar-refractivity contribution < 1.29 is 13.2 Å². The van der Waals surface area contributed by atoms with E-state index in [2.05, 4.69) is 4.98 Å². The van der Waals surface area contributed by atoms with Crippen molar-refractivity contribution in [1.29, 1.82) is 0 Å². The van der Waals surface area contributed by atoms with Crippen LogP contribution in [-0.4, -0.2) is 46.9 Å². The predicted octanol–water partition coefficient (Wildman–Crippen LogP) is 4.99. The molecular weight excluding hydrogens is 442 g/mol. The number of ketones is 1. The number of aromatic nitrogens is 2. The number of imidazole rings is 1. The lowest BCUT2D eigenvalue weighted by molar-refractivity contribution is 0.102. The molecule has 0 saturated carbocycles. The number of fused-ring (bicyclic) bond motifs is 1. The van der Waals surface area contributed by atoms with Crippen LogP contribution >= 0.6 is 11.8 Å². The third kappa shape index (κ3) is 4.63. The van der Waals surface area contributed by atoms with Gasteiger partial charge in [0.25, 0.3) is 0 Å². The Morgan fingerprint density at radius 3 is 2.22 bits per heavy atom. The van der Waals surface area contributed by atoms with Gasteiger partial charge >= 0.3 is 0 Å². The van der Waals surface area contributed by atoms with E-state index in [1.54, 1.807) is 12.1 Å². The van der Waals surface area contributed by atoms with Gasteiger partial charge in [-0.25, -0.2) is 13.4 Å². The number of rotatable bonds is 9. The molecule has 3 aromatic rings. The number of hydrogen-bond acceptors (Lipinski definition) is 5. The van der Waals surface area contributed by atoms with Gasteiger partial charge in [-0.1, -0.05) is 43.3 Å². The van der Waals surface area contributed by atoms with Crippen molar-refractivity contribution in [2.24, 2.45) is 0 Å². The van der Waals surface area contributed by atoms with Crippen molar-refractivity contribution in [2.75, 3.05) is 18.8 Å². The van der Waals surface area contributed by atoms with Gasteiger partial charge in [0.15, 0.2) is 10.9 Å². The van der Waals surface area contributed by atoms with Gasteiger partial charge in [-0.15, -0.1) is 0 Å². The fourth-order valence-corrected chi connectivity index (χ4v) is 6.63. The number of Topliss-reactive ketones (excluding diaryl/α,β-unsaturated/α-hetero) is 1. The Bertz CT molecular complexity index is 1240. The van der Waals surface area contributed by atoms with Gasteiger partial charge < -0.3 is 4.57 Å². The molecule has 0 atom stereocenters. The highest BCUT2D eigenvalue weighted by Gasteiger charge is 2.23. The highest BCUT2D eigenvalue weighted by Crippen LogP contribution is 2.28. The largest absolute Gasteiger partial charge is 0.319 e. The molecule has 0 N–H and O–H groups in total. The van der Waals surface area contributed by atoms with Crippen LogP contribution in [0.15, 0.2) is 40.4 Å². The van der Waals surface area contributed by atoms with Crippen molar-refractivity contribution in [3.8, 4) is 0 Å². The Hall–Kier alpha value is -2.16. The average Bonchev–Trinajstić information content (AvgIpc) is 3.08. The summed E-state index contributed by atoms with van der Waals surface area (Å²) < 4.78 is 29.3. The maximum Gasteiger partial charge on any atom is 0.243 e. The molecule has 0 bridgehead atoms. The van der Waals surface area contributed by atoms with Crippen LogP contribution in [0.25, 0.3) is 11.0 Å². The summed E-state index contributed by atoms with van der Waals surface area (Å²) in [4.78, 5) is 17.9. The quantitative estimate of drug-likeness (QED) is 0.323. The monoisotopic (exact) mass is 473 g/mol. The van der Waals surface area contributed by atoms with E-state index < -0.39 is 10.0 Å². The van der Waals surface area contributed by atoms with Crippen LogP contribution in [0, 0.1) is 20.8 Å². The lowest BCUT2D eigenvalue weighted by atomic mass is 9.97. The molecular formula is C24H31N3O3S2. The van der Waals surface area contributed by atoms with Gasteiger partial charge in [0.2, 0.25) is 10.0 Å². The van der Waals surface area contributed by atoms with Crippen molar-refractivity contribution in [1.82, 2.24) is 13.9 Å². The first-order valence-electron chi connectivity index (χ1n) is 10.9. The Morgan fingerprint density at radius 1 is 1.03 bits per heavy atom. The molecule has 1 aromatic heterocycles. The molecule has 3 rings (SSSR count). The lowest BCUT2D eigenvalue weighted by Crippen LogP contribution is -2.30. The normalized spacial score (nSPS) is 12.1. The number of benzene rings is 2. The molecule has 0 saturated heterocycles. The SMILES string of the molecule is CCN(CC)S(=O)(=O)c1ccc2c(c1)nc(SCC(=O)c1c(C)cc(C)cc1C)n2CC. The summed E-state index contributed by atoms with van der Waals surface area (Å²) in [5.41, 5.74) is 5.38. The van der Waals surface area contributed by atoms with Crippen LogP contribution in [0.1, 0.15) is 47.8 Å². The minimum absolute atomic E-state index is 0.0736. The maximum absolute atomic E-state index is 13.0. The maximum atomic E-state index is 13.0. The fourth-order valence-electron chi connectivity index (χ4n) is 4.20. The zero-order chi connectivity index (χ0) is 23.6. The average molecular weight is 474 g/mol. The van der Waals surface area contributed by atoms with Crippen LogP contribution < -0.4 is 0 Å². The minimum Gasteiger partial charge on any atom is -0.319 e. The number of aryl methyl sites for hydroxylation is 4. The smallest absolute Gasteiger partial charge is 0.243 e. The molecule has 0 amide bonds. The van der Waals surface area contributed by atoms with Crippen LogP contribution in [0.3, 0.4) is 0 Å². The molecule has 0 fully saturated rings. The summed E-state index contributed by atoms with van der Waals surface area (Å²) in [5.74, 6) is 0.350. The summed E-state index contributed by atoms with van der Waals surface area (Å²) in [5, 5.41) is 0.718. The number of nitrogens with zero attached hydrogens (tertiary/aromatic N) is 3. The van der Waals surface area contributed by atoms with E-state index in [1.807, 2.05) is 64.3 Å². The number of hydrogen-bond donors (Lipinski definition) is 0. The summed E-state index contributed by atoms with van der Waals surface area (Å²) in [6.07, 6.45) is 0. The van der Waals surface area contributed by atoms with Gasteiger partial charge in [0, 0.05) is 25.2 Å². The van der Waals surface area contributed by atoms with E-state index in [9.17, 15) is 13.2 Å². The number of thioether (sulfide) groups is 1. The van der Waals surface area contributed by atoms with Gasteiger partial charge in [-0.3, -0.25) is 4.79 Å². The molecule has 172 valence electrons. The second-order valence-corrected chi connectivity index (χ2v) is 10.7. The van der Waals surface area contributed by atoms with Crippen LogP contribution in [0.2, 0.25) is 0 Å². The molecule has 32 heavy (non-hydrogen) atoms. The first-order chi connectivity index (χ1) is 15.1. The van der Waals surface area contributed by atoms with E-state index >= 15 is 0 Å². The number of carbonyl (C=O) groups is 1. The van der Waals surface area contributed by atoms with Gasteiger partial charge in [-0.2, -0.15) is 4.31 Å². The van der Waals surface area contributed by atoms with Crippen molar-refractivity contribution >= 4 is 38.6 Å². The molecule has 0 unspecified atom stereocenters. The Labute approximate surface area is 195 Å². The topological polar surface area (TPSA) is 72.3 Å². The van der Waals surface area contributed by atoms with E-state index in [0.29, 0.717) is 25.2 Å². The first-order valence-corrected chi connectivity index (χ1v) is 13.3. The van der Waals surface area contributed by atoms with Crippen molar-refractivity contribution in [3.05, 3.63) is 52.6 Å². The highest BCUT2D eigenvalue weighted by atomic mass is 32.2. The molecule has 0 aliphatic carbocycles. The fraction of sp³-hybridized carbons (Fsp3) is 0.417. The molecule has 0 spiro atoms. The summed E-state index contributed by atoms with van der Waals surface area (Å²) in [6, 6.07) is 9.15. The summed E-state index contributed by atoms with van der Waals surface area (Å²) in [7, 11) is -3.55. The summed E-state index contributed by atoms with van der Waals surface area (Å²) >= 11 is 1.39. The molecule has 0 aliphatic rings. The van der Waals surface area contributed by atoms with E-state index in [4.69, 9.17) is 0 Å². The van der Waals surface area contributed by atoms with Crippen LogP contribution in [0.5, 0.6) is 0 Å². The third-order valence-electron chi connectivity index (χ3n) is 5.63. The zero-order valence-electron chi connectivity index (χ0n) is 19.6. The van der Waals surface area contributed by atoms with E-state index in [-0.39, 0.29) is 16.4 Å². The second-order valence-electron chi connectivity index (χ2n) is 7.86. The van der Waals surface area contributed by atoms with Gasteiger partial charge in [-0.05, 0) is 57.0 Å². The van der Waals surface area contributed by atoms with E-state index in [0.717, 1.165) is 32.9 Å². The van der Waals surface area contributed by atoms with E-state index in [1.165, 1.54) is 16.1 Å².